The summed E-state index contributed by atoms with van der Waals surface area (Å²) in [5.41, 5.74) is 4.93. The molecule has 0 aliphatic carbocycles. The number of hydrogen-bond donors (Lipinski definition) is 1. The highest BCUT2D eigenvalue weighted by Gasteiger charge is 2.10. The molecule has 0 saturated carbocycles. The molecule has 4 nitrogen and oxygen atoms in total. The first-order valence-corrected chi connectivity index (χ1v) is 8.49. The number of nitrogens with zero attached hydrogens (tertiary/aromatic N) is 2. The van der Waals surface area contributed by atoms with E-state index in [0.717, 1.165) is 24.1 Å². The summed E-state index contributed by atoms with van der Waals surface area (Å²) in [7, 11) is 0. The van der Waals surface area contributed by atoms with E-state index in [1.54, 1.807) is 18.3 Å². The summed E-state index contributed by atoms with van der Waals surface area (Å²) in [6.07, 6.45) is 4.41. The highest BCUT2D eigenvalue weighted by Crippen LogP contribution is 2.23. The van der Waals surface area contributed by atoms with Crippen LogP contribution in [0.1, 0.15) is 27.2 Å². The van der Waals surface area contributed by atoms with Gasteiger partial charge in [0.1, 0.15) is 0 Å². The van der Waals surface area contributed by atoms with Crippen molar-refractivity contribution in [3.05, 3.63) is 102 Å². The smallest absolute Gasteiger partial charge is 0.335 e. The lowest BCUT2D eigenvalue weighted by molar-refractivity contribution is 0.0697. The van der Waals surface area contributed by atoms with Crippen molar-refractivity contribution < 1.29 is 9.90 Å². The van der Waals surface area contributed by atoms with Crippen LogP contribution in [0.15, 0.2) is 79.1 Å². The van der Waals surface area contributed by atoms with Crippen molar-refractivity contribution in [1.29, 1.82) is 0 Å². The zero-order valence-corrected chi connectivity index (χ0v) is 14.2. The lowest BCUT2D eigenvalue weighted by Crippen LogP contribution is -2.05. The second-order valence-electron chi connectivity index (χ2n) is 6.32. The maximum absolute atomic E-state index is 11.0. The van der Waals surface area contributed by atoms with Crippen LogP contribution in [0.2, 0.25) is 0 Å². The molecule has 2 aromatic carbocycles. The van der Waals surface area contributed by atoms with Crippen molar-refractivity contribution in [2.45, 2.75) is 13.0 Å². The summed E-state index contributed by atoms with van der Waals surface area (Å²) < 4.78 is 2.30. The maximum Gasteiger partial charge on any atom is 0.335 e. The lowest BCUT2D eigenvalue weighted by Gasteiger charge is -2.11. The number of carbonyl (C=O) groups is 1. The molecule has 0 fully saturated rings. The van der Waals surface area contributed by atoms with Crippen molar-refractivity contribution in [2.24, 2.45) is 0 Å². The van der Waals surface area contributed by atoms with Gasteiger partial charge in [-0.3, -0.25) is 4.98 Å². The number of pyridine rings is 1. The maximum atomic E-state index is 11.0. The zero-order chi connectivity index (χ0) is 17.9. The second kappa shape index (κ2) is 6.84. The van der Waals surface area contributed by atoms with Gasteiger partial charge in [-0.25, -0.2) is 4.79 Å². The van der Waals surface area contributed by atoms with Crippen LogP contribution in [0.4, 0.5) is 0 Å². The topological polar surface area (TPSA) is 55.1 Å². The van der Waals surface area contributed by atoms with E-state index in [1.807, 2.05) is 36.5 Å². The Labute approximate surface area is 151 Å². The third-order valence-corrected chi connectivity index (χ3v) is 4.55. The third-order valence-electron chi connectivity index (χ3n) is 4.55. The first-order chi connectivity index (χ1) is 12.7. The molecule has 0 unspecified atom stereocenters. The molecule has 0 aliphatic rings. The average molecular weight is 342 g/mol. The molecule has 0 radical (unpaired) electrons. The number of aromatic nitrogens is 2. The average Bonchev–Trinajstić information content (AvgIpc) is 3.00. The minimum atomic E-state index is -0.901. The van der Waals surface area contributed by atoms with Crippen LogP contribution in [0, 0.1) is 0 Å². The number of rotatable bonds is 5. The number of carboxylic acid groups (broad SMARTS) is 1. The van der Waals surface area contributed by atoms with E-state index in [2.05, 4.69) is 33.8 Å². The van der Waals surface area contributed by atoms with Gasteiger partial charge in [0.25, 0.3) is 0 Å². The summed E-state index contributed by atoms with van der Waals surface area (Å²) in [6, 6.07) is 21.7. The van der Waals surface area contributed by atoms with Gasteiger partial charge < -0.3 is 9.67 Å². The van der Waals surface area contributed by atoms with Crippen molar-refractivity contribution in [1.82, 2.24) is 9.55 Å². The van der Waals surface area contributed by atoms with Crippen LogP contribution < -0.4 is 0 Å². The summed E-state index contributed by atoms with van der Waals surface area (Å²) in [5, 5.41) is 10.3. The minimum absolute atomic E-state index is 0.310. The Hall–Kier alpha value is -3.40. The highest BCUT2D eigenvalue weighted by molar-refractivity contribution is 5.87. The van der Waals surface area contributed by atoms with Gasteiger partial charge in [-0.1, -0.05) is 36.4 Å². The van der Waals surface area contributed by atoms with E-state index < -0.39 is 5.97 Å². The van der Waals surface area contributed by atoms with Crippen LogP contribution >= 0.6 is 0 Å². The fourth-order valence-corrected chi connectivity index (χ4v) is 3.25. The van der Waals surface area contributed by atoms with E-state index in [1.165, 1.54) is 16.6 Å². The van der Waals surface area contributed by atoms with Crippen LogP contribution in [-0.2, 0) is 13.0 Å². The van der Waals surface area contributed by atoms with Crippen LogP contribution in [-0.4, -0.2) is 20.6 Å². The first-order valence-electron chi connectivity index (χ1n) is 8.49. The van der Waals surface area contributed by atoms with Gasteiger partial charge in [-0.2, -0.15) is 0 Å². The standard InChI is InChI=1S/C22H18N2O2/c25-22(26)18-9-7-16(8-10-18)12-20-13-19-5-1-2-6-21(19)24(20)15-17-4-3-11-23-14-17/h1-11,13-14H,12,15H2,(H,25,26). The second-order valence-corrected chi connectivity index (χ2v) is 6.32. The Morgan fingerprint density at radius 1 is 0.962 bits per heavy atom. The number of hydrogen-bond acceptors (Lipinski definition) is 2. The SMILES string of the molecule is O=C(O)c1ccc(Cc2cc3ccccc3n2Cc2cccnc2)cc1. The fraction of sp³-hybridized carbons (Fsp3) is 0.0909. The van der Waals surface area contributed by atoms with E-state index in [-0.39, 0.29) is 0 Å². The van der Waals surface area contributed by atoms with Gasteiger partial charge in [0.05, 0.1) is 5.56 Å². The summed E-state index contributed by atoms with van der Waals surface area (Å²) >= 11 is 0. The Morgan fingerprint density at radius 3 is 2.50 bits per heavy atom. The molecule has 128 valence electrons. The highest BCUT2D eigenvalue weighted by atomic mass is 16.4. The summed E-state index contributed by atoms with van der Waals surface area (Å²) in [6.45, 7) is 0.754. The number of aromatic carboxylic acids is 1. The zero-order valence-electron chi connectivity index (χ0n) is 14.2. The third kappa shape index (κ3) is 3.22. The number of benzene rings is 2. The Kier molecular flexibility index (Phi) is 4.23. The number of para-hydroxylation sites is 1. The quantitative estimate of drug-likeness (QED) is 0.586. The van der Waals surface area contributed by atoms with Crippen molar-refractivity contribution in [2.75, 3.05) is 0 Å². The molecule has 4 rings (SSSR count). The van der Waals surface area contributed by atoms with Crippen molar-refractivity contribution >= 4 is 16.9 Å². The molecule has 0 amide bonds. The van der Waals surface area contributed by atoms with Gasteiger partial charge in [-0.05, 0) is 46.8 Å². The van der Waals surface area contributed by atoms with Crippen LogP contribution in [0.3, 0.4) is 0 Å². The fourth-order valence-electron chi connectivity index (χ4n) is 3.25. The van der Waals surface area contributed by atoms with Gasteiger partial charge in [-0.15, -0.1) is 0 Å². The largest absolute Gasteiger partial charge is 0.478 e. The van der Waals surface area contributed by atoms with Gasteiger partial charge in [0.15, 0.2) is 0 Å². The molecule has 0 saturated heterocycles. The van der Waals surface area contributed by atoms with Crippen LogP contribution in [0.5, 0.6) is 0 Å². The lowest BCUT2D eigenvalue weighted by atomic mass is 10.1. The molecule has 0 bridgehead atoms. The summed E-state index contributed by atoms with van der Waals surface area (Å²) in [5.74, 6) is -0.901. The monoisotopic (exact) mass is 342 g/mol. The predicted molar refractivity (Wildman–Crippen MR) is 101 cm³/mol. The van der Waals surface area contributed by atoms with E-state index in [4.69, 9.17) is 5.11 Å². The molecule has 0 atom stereocenters. The summed E-state index contributed by atoms with van der Waals surface area (Å²) in [4.78, 5) is 15.3. The van der Waals surface area contributed by atoms with Gasteiger partial charge in [0, 0.05) is 36.6 Å². The van der Waals surface area contributed by atoms with E-state index >= 15 is 0 Å². The molecule has 0 aliphatic heterocycles. The van der Waals surface area contributed by atoms with Gasteiger partial charge in [0.2, 0.25) is 0 Å². The molecule has 4 heteroatoms. The minimum Gasteiger partial charge on any atom is -0.478 e. The van der Waals surface area contributed by atoms with Crippen molar-refractivity contribution in [3.8, 4) is 0 Å². The predicted octanol–water partition coefficient (Wildman–Crippen LogP) is 4.37. The first kappa shape index (κ1) is 16.1. The van der Waals surface area contributed by atoms with E-state index in [9.17, 15) is 4.79 Å². The van der Waals surface area contributed by atoms with Gasteiger partial charge >= 0.3 is 5.97 Å². The molecule has 0 spiro atoms. The van der Waals surface area contributed by atoms with E-state index in [0.29, 0.717) is 5.56 Å². The van der Waals surface area contributed by atoms with Crippen molar-refractivity contribution in [3.63, 3.8) is 0 Å². The molecule has 2 aromatic heterocycles. The molecule has 26 heavy (non-hydrogen) atoms. The number of fused-ring (bicyclic) bond motifs is 1. The molecule has 2 heterocycles. The Bertz CT molecular complexity index is 1050. The molecule has 4 aromatic rings. The van der Waals surface area contributed by atoms with Crippen LogP contribution in [0.25, 0.3) is 10.9 Å². The normalized spacial score (nSPS) is 10.9. The Morgan fingerprint density at radius 2 is 1.77 bits per heavy atom. The number of carboxylic acids is 1. The Balaban J connectivity index is 1.71. The molecular formula is C22H18N2O2. The molecule has 1 N–H and O–H groups in total. The molecular weight excluding hydrogens is 324 g/mol.